The maximum absolute atomic E-state index is 13.1. The van der Waals surface area contributed by atoms with Crippen molar-refractivity contribution in [2.75, 3.05) is 0 Å². The molecule has 1 aliphatic heterocycles. The molecular weight excluding hydrogens is 536 g/mol. The van der Waals surface area contributed by atoms with Crippen molar-refractivity contribution >= 4 is 28.3 Å². The number of nitrogens with zero attached hydrogens (tertiary/aromatic N) is 1. The lowest BCUT2D eigenvalue weighted by molar-refractivity contribution is 0.0736. The van der Waals surface area contributed by atoms with E-state index in [1.807, 2.05) is 84.9 Å². The Bertz CT molecular complexity index is 1840. The molecule has 0 fully saturated rings. The molecule has 5 aromatic rings. The summed E-state index contributed by atoms with van der Waals surface area (Å²) in [4.78, 5) is 13.1. The molecule has 0 spiro atoms. The van der Waals surface area contributed by atoms with Gasteiger partial charge in [0.05, 0.1) is 11.5 Å². The van der Waals surface area contributed by atoms with Crippen molar-refractivity contribution in [3.63, 3.8) is 0 Å². The second-order valence-corrected chi connectivity index (χ2v) is 9.96. The molecule has 0 aromatic heterocycles. The second kappa shape index (κ2) is 11.1. The Hall–Kier alpha value is -5.25. The predicted molar refractivity (Wildman–Crippen MR) is 157 cm³/mol. The number of fused-ring (bicyclic) bond motifs is 2. The van der Waals surface area contributed by atoms with E-state index in [9.17, 15) is 10.1 Å². The lowest BCUT2D eigenvalue weighted by atomic mass is 9.83. The fourth-order valence-electron chi connectivity index (χ4n) is 4.91. The van der Waals surface area contributed by atoms with Gasteiger partial charge < -0.3 is 19.9 Å². The minimum atomic E-state index is -0.482. The third-order valence-corrected chi connectivity index (χ3v) is 7.19. The number of carbonyl (C=O) groups excluding carboxylic acids is 1. The molecule has 6 rings (SSSR count). The van der Waals surface area contributed by atoms with Crippen LogP contribution in [0.2, 0.25) is 5.02 Å². The molecule has 0 amide bonds. The van der Waals surface area contributed by atoms with Gasteiger partial charge in [-0.25, -0.2) is 4.79 Å². The summed E-state index contributed by atoms with van der Waals surface area (Å²) in [5.41, 5.74) is 9.51. The molecule has 1 atom stereocenters. The number of rotatable bonds is 6. The van der Waals surface area contributed by atoms with Gasteiger partial charge in [-0.2, -0.15) is 5.26 Å². The van der Waals surface area contributed by atoms with Crippen LogP contribution < -0.4 is 19.9 Å². The minimum Gasteiger partial charge on any atom is -0.489 e. The first-order chi connectivity index (χ1) is 20.0. The fraction of sp³-hybridized carbons (Fsp3) is 0.0588. The van der Waals surface area contributed by atoms with E-state index in [0.29, 0.717) is 40.0 Å². The van der Waals surface area contributed by atoms with Gasteiger partial charge in [0.1, 0.15) is 35.5 Å². The summed E-state index contributed by atoms with van der Waals surface area (Å²) in [5.74, 6) is 0.464. The maximum Gasteiger partial charge on any atom is 0.344 e. The zero-order chi connectivity index (χ0) is 28.3. The number of hydrogen-bond donors (Lipinski definition) is 1. The van der Waals surface area contributed by atoms with E-state index >= 15 is 0 Å². The largest absolute Gasteiger partial charge is 0.489 e. The number of ether oxygens (including phenoxy) is 3. The number of nitrogens with two attached hydrogens (primary N) is 1. The third-order valence-electron chi connectivity index (χ3n) is 6.94. The first-order valence-electron chi connectivity index (χ1n) is 12.9. The number of nitriles is 1. The smallest absolute Gasteiger partial charge is 0.344 e. The summed E-state index contributed by atoms with van der Waals surface area (Å²) in [6, 6.07) is 35.4. The summed E-state index contributed by atoms with van der Waals surface area (Å²) in [7, 11) is 0. The normalized spacial score (nSPS) is 14.1. The molecule has 0 saturated heterocycles. The first-order valence-corrected chi connectivity index (χ1v) is 13.3. The van der Waals surface area contributed by atoms with Crippen LogP contribution in [-0.4, -0.2) is 5.97 Å². The highest BCUT2D eigenvalue weighted by molar-refractivity contribution is 6.30. The fourth-order valence-corrected chi connectivity index (χ4v) is 5.04. The number of carbonyl (C=O) groups is 1. The molecule has 0 bridgehead atoms. The third kappa shape index (κ3) is 5.31. The van der Waals surface area contributed by atoms with E-state index in [1.165, 1.54) is 0 Å². The topological polar surface area (TPSA) is 94.6 Å². The first kappa shape index (κ1) is 26.0. The standard InChI is InChI=1S/C34H23ClN2O4/c35-24-12-8-21(9-13-24)20-39-25-14-10-23(11-15-25)32-29-17-16-26(18-31(29)41-33(37)30(32)19-36)40-34(38)28-7-3-5-22-4-1-2-6-27(22)28/h1-18,32H,20,37H2. The Morgan fingerprint density at radius 2 is 1.63 bits per heavy atom. The highest BCUT2D eigenvalue weighted by Gasteiger charge is 2.31. The average molecular weight is 559 g/mol. The number of benzene rings is 5. The van der Waals surface area contributed by atoms with Crippen LogP contribution in [-0.2, 0) is 6.61 Å². The van der Waals surface area contributed by atoms with E-state index < -0.39 is 11.9 Å². The molecule has 1 unspecified atom stereocenters. The van der Waals surface area contributed by atoms with Crippen molar-refractivity contribution in [3.05, 3.63) is 148 Å². The van der Waals surface area contributed by atoms with Gasteiger partial charge in [-0.1, -0.05) is 78.3 Å². The molecule has 5 aromatic carbocycles. The van der Waals surface area contributed by atoms with Gasteiger partial charge in [-0.3, -0.25) is 0 Å². The summed E-state index contributed by atoms with van der Waals surface area (Å²) < 4.78 is 17.5. The molecule has 6 nitrogen and oxygen atoms in total. The molecular formula is C34H23ClN2O4. The number of esters is 1. The number of halogens is 1. The summed E-state index contributed by atoms with van der Waals surface area (Å²) in [6.07, 6.45) is 0. The Morgan fingerprint density at radius 3 is 2.41 bits per heavy atom. The van der Waals surface area contributed by atoms with Crippen molar-refractivity contribution in [3.8, 4) is 23.3 Å². The van der Waals surface area contributed by atoms with Crippen molar-refractivity contribution in [1.29, 1.82) is 5.26 Å². The molecule has 7 heteroatoms. The molecule has 200 valence electrons. The van der Waals surface area contributed by atoms with E-state index in [-0.39, 0.29) is 5.88 Å². The molecule has 1 aliphatic rings. The van der Waals surface area contributed by atoms with E-state index in [1.54, 1.807) is 24.3 Å². The molecule has 0 saturated carbocycles. The second-order valence-electron chi connectivity index (χ2n) is 9.52. The van der Waals surface area contributed by atoms with Gasteiger partial charge in [0.15, 0.2) is 0 Å². The van der Waals surface area contributed by atoms with Gasteiger partial charge in [0, 0.05) is 16.7 Å². The van der Waals surface area contributed by atoms with Gasteiger partial charge in [0.25, 0.3) is 0 Å². The Balaban J connectivity index is 1.24. The van der Waals surface area contributed by atoms with Crippen LogP contribution in [0.3, 0.4) is 0 Å². The highest BCUT2D eigenvalue weighted by Crippen LogP contribution is 2.43. The average Bonchev–Trinajstić information content (AvgIpc) is 3.00. The van der Waals surface area contributed by atoms with Crippen molar-refractivity contribution in [2.24, 2.45) is 5.73 Å². The number of allylic oxidation sites excluding steroid dienone is 1. The number of hydrogen-bond acceptors (Lipinski definition) is 6. The Labute approximate surface area is 241 Å². The summed E-state index contributed by atoms with van der Waals surface area (Å²) in [6.45, 7) is 0.396. The van der Waals surface area contributed by atoms with Crippen molar-refractivity contribution in [1.82, 2.24) is 0 Å². The Kier molecular flexibility index (Phi) is 7.03. The Morgan fingerprint density at radius 1 is 0.902 bits per heavy atom. The van der Waals surface area contributed by atoms with Gasteiger partial charge in [0.2, 0.25) is 5.88 Å². The molecule has 0 radical (unpaired) electrons. The molecule has 41 heavy (non-hydrogen) atoms. The summed E-state index contributed by atoms with van der Waals surface area (Å²) >= 11 is 5.96. The molecule has 2 N–H and O–H groups in total. The van der Waals surface area contributed by atoms with Crippen LogP contribution in [0.15, 0.2) is 121 Å². The van der Waals surface area contributed by atoms with Crippen LogP contribution in [0.5, 0.6) is 17.2 Å². The summed E-state index contributed by atoms with van der Waals surface area (Å²) in [5, 5.41) is 12.3. The quantitative estimate of drug-likeness (QED) is 0.171. The lowest BCUT2D eigenvalue weighted by Crippen LogP contribution is -2.21. The zero-order valence-corrected chi connectivity index (χ0v) is 22.5. The van der Waals surface area contributed by atoms with Gasteiger partial charge in [-0.15, -0.1) is 0 Å². The van der Waals surface area contributed by atoms with E-state index in [2.05, 4.69) is 6.07 Å². The van der Waals surface area contributed by atoms with Gasteiger partial charge >= 0.3 is 5.97 Å². The van der Waals surface area contributed by atoms with Crippen LogP contribution in [0, 0.1) is 11.3 Å². The molecule has 1 heterocycles. The molecule has 0 aliphatic carbocycles. The lowest BCUT2D eigenvalue weighted by Gasteiger charge is -2.27. The van der Waals surface area contributed by atoms with Gasteiger partial charge in [-0.05, 0) is 58.3 Å². The van der Waals surface area contributed by atoms with Crippen molar-refractivity contribution < 1.29 is 19.0 Å². The van der Waals surface area contributed by atoms with Crippen LogP contribution in [0.25, 0.3) is 10.8 Å². The minimum absolute atomic E-state index is 0.00518. The predicted octanol–water partition coefficient (Wildman–Crippen LogP) is 7.51. The highest BCUT2D eigenvalue weighted by atomic mass is 35.5. The van der Waals surface area contributed by atoms with Crippen LogP contribution in [0.4, 0.5) is 0 Å². The van der Waals surface area contributed by atoms with E-state index in [0.717, 1.165) is 27.5 Å². The monoisotopic (exact) mass is 558 g/mol. The SMILES string of the molecule is N#CC1=C(N)Oc2cc(OC(=O)c3cccc4ccccc34)ccc2C1c1ccc(OCc2ccc(Cl)cc2)cc1. The van der Waals surface area contributed by atoms with Crippen molar-refractivity contribution in [2.45, 2.75) is 12.5 Å². The maximum atomic E-state index is 13.1. The van der Waals surface area contributed by atoms with Crippen LogP contribution >= 0.6 is 11.6 Å². The van der Waals surface area contributed by atoms with Crippen LogP contribution in [0.1, 0.15) is 33.0 Å². The zero-order valence-electron chi connectivity index (χ0n) is 21.7. The van der Waals surface area contributed by atoms with E-state index in [4.69, 9.17) is 31.5 Å².